The van der Waals surface area contributed by atoms with E-state index >= 15 is 0 Å². The van der Waals surface area contributed by atoms with E-state index in [1.54, 1.807) is 0 Å². The highest BCUT2D eigenvalue weighted by Crippen LogP contribution is 2.44. The maximum absolute atomic E-state index is 7.17. The Kier molecular flexibility index (Phi) is 7.45. The van der Waals surface area contributed by atoms with Crippen LogP contribution in [0.3, 0.4) is 0 Å². The number of hydrogen-bond donors (Lipinski definition) is 0. The van der Waals surface area contributed by atoms with Crippen LogP contribution in [0, 0.1) is 0 Å². The van der Waals surface area contributed by atoms with Gasteiger partial charge in [0.15, 0.2) is 0 Å². The number of benzene rings is 5. The summed E-state index contributed by atoms with van der Waals surface area (Å²) in [6, 6.07) is 49.8. The van der Waals surface area contributed by atoms with Crippen LogP contribution in [0.25, 0.3) is 0 Å². The Bertz CT molecular complexity index is 1500. The van der Waals surface area contributed by atoms with E-state index in [9.17, 15) is 0 Å². The second-order valence-corrected chi connectivity index (χ2v) is 11.7. The van der Waals surface area contributed by atoms with Gasteiger partial charge in [-0.2, -0.15) is 0 Å². The maximum atomic E-state index is 7.17. The molecule has 0 radical (unpaired) electrons. The van der Waals surface area contributed by atoms with Crippen LogP contribution in [0.4, 0.5) is 0 Å². The molecule has 0 aliphatic heterocycles. The van der Waals surface area contributed by atoms with E-state index in [1.807, 2.05) is 0 Å². The van der Waals surface area contributed by atoms with Crippen molar-refractivity contribution in [2.75, 3.05) is 0 Å². The first-order chi connectivity index (χ1) is 20.8. The molecule has 2 atom stereocenters. The molecular weight excluding hydrogens is 510 g/mol. The lowest BCUT2D eigenvalue weighted by Gasteiger charge is -2.36. The van der Waals surface area contributed by atoms with Gasteiger partial charge in [-0.25, -0.2) is 0 Å². The van der Waals surface area contributed by atoms with Crippen LogP contribution in [0.2, 0.25) is 0 Å². The number of hydrogen-bond acceptors (Lipinski definition) is 2. The van der Waals surface area contributed by atoms with Crippen molar-refractivity contribution in [3.05, 3.63) is 178 Å². The second kappa shape index (κ2) is 11.8. The summed E-state index contributed by atoms with van der Waals surface area (Å²) in [5.74, 6) is 0.456. The minimum Gasteiger partial charge on any atom is -0.375 e. The Morgan fingerprint density at radius 1 is 0.500 bits per heavy atom. The van der Waals surface area contributed by atoms with Gasteiger partial charge >= 0.3 is 0 Å². The fraction of sp³-hybridized carbons (Fsp3) is 0.225. The average Bonchev–Trinajstić information content (AvgIpc) is 3.08. The number of rotatable bonds is 7. The van der Waals surface area contributed by atoms with Crippen molar-refractivity contribution in [1.82, 2.24) is 0 Å². The molecule has 2 aliphatic rings. The molecule has 208 valence electrons. The molecular formula is C40H37NO. The van der Waals surface area contributed by atoms with Gasteiger partial charge in [0.2, 0.25) is 5.60 Å². The highest BCUT2D eigenvalue weighted by molar-refractivity contribution is 5.97. The number of fused-ring (bicyclic) bond motifs is 2. The lowest BCUT2D eigenvalue weighted by Crippen LogP contribution is -2.33. The van der Waals surface area contributed by atoms with E-state index < -0.39 is 5.60 Å². The molecule has 42 heavy (non-hydrogen) atoms. The van der Waals surface area contributed by atoms with Gasteiger partial charge in [0, 0.05) is 28.5 Å². The van der Waals surface area contributed by atoms with E-state index in [0.29, 0.717) is 0 Å². The molecule has 5 aromatic rings. The molecule has 0 N–H and O–H groups in total. The topological polar surface area (TPSA) is 21.6 Å². The Morgan fingerprint density at radius 3 is 1.31 bits per heavy atom. The third kappa shape index (κ3) is 4.86. The molecule has 2 nitrogen and oxygen atoms in total. The van der Waals surface area contributed by atoms with Crippen molar-refractivity contribution in [1.29, 1.82) is 0 Å². The molecule has 7 rings (SSSR count). The molecule has 0 heterocycles. The van der Waals surface area contributed by atoms with Crippen LogP contribution >= 0.6 is 0 Å². The summed E-state index contributed by atoms with van der Waals surface area (Å²) in [5, 5.41) is 5.39. The quantitative estimate of drug-likeness (QED) is 0.113. The van der Waals surface area contributed by atoms with Gasteiger partial charge in [-0.05, 0) is 60.8 Å². The summed E-state index contributed by atoms with van der Waals surface area (Å²) in [6.07, 6.45) is 6.76. The Labute approximate surface area is 249 Å². The average molecular weight is 548 g/mol. The second-order valence-electron chi connectivity index (χ2n) is 11.7. The smallest absolute Gasteiger partial charge is 0.212 e. The molecule has 0 saturated heterocycles. The minimum absolute atomic E-state index is 0.228. The summed E-state index contributed by atoms with van der Waals surface area (Å²) in [5.41, 5.74) is 9.21. The van der Waals surface area contributed by atoms with E-state index in [2.05, 4.69) is 140 Å². The molecule has 0 fully saturated rings. The fourth-order valence-electron chi connectivity index (χ4n) is 7.29. The van der Waals surface area contributed by atoms with Gasteiger partial charge in [0.25, 0.3) is 0 Å². The molecule has 0 saturated carbocycles. The predicted molar refractivity (Wildman–Crippen MR) is 172 cm³/mol. The number of nitrogens with zero attached hydrogens (tertiary/aromatic N) is 1. The summed E-state index contributed by atoms with van der Waals surface area (Å²) in [4.78, 5) is 7.17. The number of aryl methyl sites for hydroxylation is 2. The molecule has 2 unspecified atom stereocenters. The van der Waals surface area contributed by atoms with Crippen LogP contribution in [-0.4, -0.2) is 5.71 Å². The molecule has 0 bridgehead atoms. The zero-order valence-electron chi connectivity index (χ0n) is 24.0. The fourth-order valence-corrected chi connectivity index (χ4v) is 7.29. The van der Waals surface area contributed by atoms with Gasteiger partial charge < -0.3 is 4.84 Å². The first kappa shape index (κ1) is 26.5. The molecule has 0 spiro atoms. The van der Waals surface area contributed by atoms with Gasteiger partial charge in [-0.15, -0.1) is 0 Å². The minimum atomic E-state index is -0.891. The summed E-state index contributed by atoms with van der Waals surface area (Å²) < 4.78 is 0. The molecule has 5 aromatic carbocycles. The van der Waals surface area contributed by atoms with E-state index in [0.717, 1.165) is 55.2 Å². The lowest BCUT2D eigenvalue weighted by molar-refractivity contribution is 0.0158. The van der Waals surface area contributed by atoms with Crippen LogP contribution in [0.1, 0.15) is 76.5 Å². The highest BCUT2D eigenvalue weighted by Gasteiger charge is 2.41. The molecule has 2 heteroatoms. The van der Waals surface area contributed by atoms with Crippen LogP contribution in [0.15, 0.2) is 145 Å². The van der Waals surface area contributed by atoms with Crippen molar-refractivity contribution in [2.45, 2.75) is 56.0 Å². The monoisotopic (exact) mass is 547 g/mol. The first-order valence-electron chi connectivity index (χ1n) is 15.4. The summed E-state index contributed by atoms with van der Waals surface area (Å²) in [6.45, 7) is 0. The van der Waals surface area contributed by atoms with Gasteiger partial charge in [0.05, 0.1) is 5.71 Å². The SMILES string of the molecule is c1ccc(C(ON=C(C2CCCc3ccccc32)C2CCCc3ccccc32)(c2ccccc2)c2ccccc2)cc1. The maximum Gasteiger partial charge on any atom is 0.212 e. The van der Waals surface area contributed by atoms with Crippen molar-refractivity contribution in [3.8, 4) is 0 Å². The van der Waals surface area contributed by atoms with Gasteiger partial charge in [-0.3, -0.25) is 0 Å². The molecule has 0 aromatic heterocycles. The van der Waals surface area contributed by atoms with E-state index in [4.69, 9.17) is 9.99 Å². The van der Waals surface area contributed by atoms with Crippen molar-refractivity contribution in [3.63, 3.8) is 0 Å². The third-order valence-electron chi connectivity index (χ3n) is 9.28. The molecule has 0 amide bonds. The Morgan fingerprint density at radius 2 is 0.881 bits per heavy atom. The van der Waals surface area contributed by atoms with Crippen molar-refractivity contribution < 1.29 is 4.84 Å². The first-order valence-corrected chi connectivity index (χ1v) is 15.4. The van der Waals surface area contributed by atoms with E-state index in [-0.39, 0.29) is 11.8 Å². The van der Waals surface area contributed by atoms with Gasteiger partial charge in [-0.1, -0.05) is 145 Å². The zero-order chi connectivity index (χ0) is 28.2. The lowest BCUT2D eigenvalue weighted by atomic mass is 9.71. The normalized spacial score (nSPS) is 17.9. The van der Waals surface area contributed by atoms with Gasteiger partial charge in [0.1, 0.15) is 0 Å². The van der Waals surface area contributed by atoms with Crippen LogP contribution in [-0.2, 0) is 23.3 Å². The predicted octanol–water partition coefficient (Wildman–Crippen LogP) is 9.59. The third-order valence-corrected chi connectivity index (χ3v) is 9.28. The zero-order valence-corrected chi connectivity index (χ0v) is 24.0. The van der Waals surface area contributed by atoms with Crippen LogP contribution < -0.4 is 0 Å². The highest BCUT2D eigenvalue weighted by atomic mass is 16.7. The summed E-state index contributed by atoms with van der Waals surface area (Å²) in [7, 11) is 0. The van der Waals surface area contributed by atoms with Crippen molar-refractivity contribution in [2.24, 2.45) is 5.16 Å². The Balaban J connectivity index is 1.45. The van der Waals surface area contributed by atoms with E-state index in [1.165, 1.54) is 28.0 Å². The van der Waals surface area contributed by atoms with Crippen molar-refractivity contribution >= 4 is 5.71 Å². The molecule has 2 aliphatic carbocycles. The summed E-state index contributed by atoms with van der Waals surface area (Å²) >= 11 is 0. The Hall–Kier alpha value is -4.43. The van der Waals surface area contributed by atoms with Crippen LogP contribution in [0.5, 0.6) is 0 Å². The largest absolute Gasteiger partial charge is 0.375 e. The number of oxime groups is 1. The standard InChI is InChI=1S/C40H37NO/c1-4-20-32(21-5-1)40(33-22-6-2-7-23-33,34-24-8-3-9-25-34)42-41-39(37-28-14-18-30-16-10-12-26-35(30)37)38-29-15-19-31-17-11-13-27-36(31)38/h1-13,16-17,20-27,37-38H,14-15,18-19,28-29H2.